The van der Waals surface area contributed by atoms with Crippen molar-refractivity contribution in [3.63, 3.8) is 0 Å². The molecule has 0 radical (unpaired) electrons. The zero-order chi connectivity index (χ0) is 14.8. The lowest BCUT2D eigenvalue weighted by Gasteiger charge is -1.97. The van der Waals surface area contributed by atoms with E-state index in [4.69, 9.17) is 5.73 Å². The number of anilines is 1. The fourth-order valence-corrected chi connectivity index (χ4v) is 3.55. The lowest BCUT2D eigenvalue weighted by molar-refractivity contribution is 0.533. The first-order valence-corrected chi connectivity index (χ1v) is 7.99. The molecule has 21 heavy (non-hydrogen) atoms. The van der Waals surface area contributed by atoms with Crippen LogP contribution in [0.15, 0.2) is 35.2 Å². The van der Waals surface area contributed by atoms with Crippen molar-refractivity contribution in [1.82, 2.24) is 9.97 Å². The number of nitrogens with zero attached hydrogens (tertiary/aromatic N) is 2. The number of hydrogen-bond acceptors (Lipinski definition) is 5. The monoisotopic (exact) mass is 322 g/mol. The number of hydrogen-bond donors (Lipinski definition) is 1. The van der Waals surface area contributed by atoms with Crippen LogP contribution in [0, 0.1) is 5.95 Å². The summed E-state index contributed by atoms with van der Waals surface area (Å²) in [6.45, 7) is -0.356. The molecule has 0 saturated carbocycles. The quantitative estimate of drug-likeness (QED) is 0.579. The van der Waals surface area contributed by atoms with E-state index in [0.29, 0.717) is 16.5 Å². The molecule has 2 heterocycles. The average molecular weight is 322 g/mol. The summed E-state index contributed by atoms with van der Waals surface area (Å²) in [5.74, 6) is -0.257. The van der Waals surface area contributed by atoms with Gasteiger partial charge in [0, 0.05) is 10.6 Å². The highest BCUT2D eigenvalue weighted by Gasteiger charge is 2.10. The first kappa shape index (κ1) is 14.2. The molecule has 0 atom stereocenters. The number of fused-ring (bicyclic) bond motifs is 1. The molecule has 0 aliphatic carbocycles. The van der Waals surface area contributed by atoms with Gasteiger partial charge in [-0.15, -0.1) is 23.1 Å². The maximum absolute atomic E-state index is 13.4. The molecule has 3 nitrogen and oxygen atoms in total. The molecule has 3 rings (SSSR count). The summed E-state index contributed by atoms with van der Waals surface area (Å²) in [4.78, 5) is 9.24. The van der Waals surface area contributed by atoms with Crippen molar-refractivity contribution in [2.24, 2.45) is 0 Å². The number of rotatable bonds is 4. The lowest BCUT2D eigenvalue weighted by atomic mass is 10.3. The molecule has 0 aliphatic rings. The molecule has 0 amide bonds. The molecular weight excluding hydrogens is 311 g/mol. The predicted molar refractivity (Wildman–Crippen MR) is 83.9 cm³/mol. The number of alkyl halides is 1. The topological polar surface area (TPSA) is 51.8 Å². The Balaban J connectivity index is 1.98. The molecule has 0 spiro atoms. The van der Waals surface area contributed by atoms with Crippen LogP contribution in [-0.4, -0.2) is 22.4 Å². The number of pyridine rings is 1. The minimum absolute atomic E-state index is 0.0183. The molecule has 2 N–H and O–H groups in total. The Morgan fingerprint density at radius 1 is 1.19 bits per heavy atom. The molecule has 108 valence electrons. The van der Waals surface area contributed by atoms with Gasteiger partial charge in [-0.05, 0) is 30.3 Å². The van der Waals surface area contributed by atoms with Gasteiger partial charge in [-0.1, -0.05) is 0 Å². The highest BCUT2D eigenvalue weighted by Crippen LogP contribution is 2.32. The van der Waals surface area contributed by atoms with Gasteiger partial charge in [0.05, 0.1) is 22.6 Å². The van der Waals surface area contributed by atoms with Crippen molar-refractivity contribution in [2.75, 3.05) is 18.2 Å². The Morgan fingerprint density at radius 3 is 2.81 bits per heavy atom. The third-order valence-corrected chi connectivity index (χ3v) is 4.79. The summed E-state index contributed by atoms with van der Waals surface area (Å²) in [6.07, 6.45) is 0. The van der Waals surface area contributed by atoms with E-state index in [0.717, 1.165) is 15.1 Å². The number of halogens is 2. The third kappa shape index (κ3) is 2.98. The molecule has 3 aromatic rings. The Bertz CT molecular complexity index is 789. The molecule has 0 fully saturated rings. The Kier molecular flexibility index (Phi) is 4.03. The maximum atomic E-state index is 13.4. The van der Waals surface area contributed by atoms with Gasteiger partial charge in [-0.2, -0.15) is 4.39 Å². The number of thioether (sulfide) groups is 1. The van der Waals surface area contributed by atoms with Crippen molar-refractivity contribution >= 4 is 39.0 Å². The second kappa shape index (κ2) is 5.95. The number of nitrogens with two attached hydrogens (primary N) is 1. The van der Waals surface area contributed by atoms with Crippen molar-refractivity contribution in [2.45, 2.75) is 4.90 Å². The van der Waals surface area contributed by atoms with E-state index in [1.54, 1.807) is 6.07 Å². The summed E-state index contributed by atoms with van der Waals surface area (Å²) < 4.78 is 26.6. The number of thiazole rings is 1. The van der Waals surface area contributed by atoms with Gasteiger partial charge in [0.25, 0.3) is 0 Å². The Hall–Kier alpha value is -1.73. The van der Waals surface area contributed by atoms with Crippen LogP contribution in [0.3, 0.4) is 0 Å². The van der Waals surface area contributed by atoms with Gasteiger partial charge in [0.2, 0.25) is 5.95 Å². The second-order valence-corrected chi connectivity index (χ2v) is 6.46. The van der Waals surface area contributed by atoms with Crippen LogP contribution >= 0.6 is 23.1 Å². The fourth-order valence-electron chi connectivity index (χ4n) is 1.82. The molecule has 0 bridgehead atoms. The highest BCUT2D eigenvalue weighted by molar-refractivity contribution is 7.99. The van der Waals surface area contributed by atoms with Crippen molar-refractivity contribution in [3.8, 4) is 10.7 Å². The van der Waals surface area contributed by atoms with E-state index in [2.05, 4.69) is 9.97 Å². The van der Waals surface area contributed by atoms with E-state index >= 15 is 0 Å². The summed E-state index contributed by atoms with van der Waals surface area (Å²) in [7, 11) is 0. The van der Waals surface area contributed by atoms with E-state index in [9.17, 15) is 8.78 Å². The summed E-state index contributed by atoms with van der Waals surface area (Å²) in [5, 5.41) is 0.636. The predicted octanol–water partition coefficient (Wildman–Crippen LogP) is 4.14. The van der Waals surface area contributed by atoms with Gasteiger partial charge in [0.1, 0.15) is 10.7 Å². The fraction of sp³-hybridized carbons (Fsp3) is 0.143. The van der Waals surface area contributed by atoms with Gasteiger partial charge >= 0.3 is 0 Å². The molecule has 1 aromatic carbocycles. The second-order valence-electron chi connectivity index (χ2n) is 4.26. The van der Waals surface area contributed by atoms with Crippen LogP contribution in [0.5, 0.6) is 0 Å². The minimum Gasteiger partial charge on any atom is -0.395 e. The summed E-state index contributed by atoms with van der Waals surface area (Å²) >= 11 is 2.88. The molecule has 7 heteroatoms. The Morgan fingerprint density at radius 2 is 2.05 bits per heavy atom. The zero-order valence-corrected chi connectivity index (χ0v) is 12.5. The first-order chi connectivity index (χ1) is 10.2. The van der Waals surface area contributed by atoms with E-state index in [1.165, 1.54) is 29.2 Å². The smallest absolute Gasteiger partial charge is 0.236 e. The number of aromatic nitrogens is 2. The van der Waals surface area contributed by atoms with Crippen LogP contribution in [0.25, 0.3) is 20.9 Å². The van der Waals surface area contributed by atoms with Crippen LogP contribution < -0.4 is 5.73 Å². The van der Waals surface area contributed by atoms with E-state index < -0.39 is 5.95 Å². The summed E-state index contributed by atoms with van der Waals surface area (Å²) in [5.41, 5.74) is 6.72. The molecule has 0 aliphatic heterocycles. The SMILES string of the molecule is Nc1ccc(-c2nc3ccc(SCCF)cc3s2)nc1[18F]. The van der Waals surface area contributed by atoms with E-state index in [1.807, 2.05) is 18.2 Å². The van der Waals surface area contributed by atoms with Crippen molar-refractivity contribution < 1.29 is 8.78 Å². The maximum Gasteiger partial charge on any atom is 0.236 e. The minimum atomic E-state index is -0.689. The van der Waals surface area contributed by atoms with Crippen LogP contribution in [0.2, 0.25) is 0 Å². The van der Waals surface area contributed by atoms with Crippen LogP contribution in [0.1, 0.15) is 0 Å². The standard InChI is InChI=1S/C14H11F2N3S2/c15-5-6-20-8-1-3-10-12(7-8)21-14(19-10)11-4-2-9(17)13(16)18-11/h1-4,7H,5-6,17H2/i16-1. The number of benzene rings is 1. The van der Waals surface area contributed by atoms with Crippen LogP contribution in [0.4, 0.5) is 14.5 Å². The van der Waals surface area contributed by atoms with Gasteiger partial charge in [0.15, 0.2) is 0 Å². The van der Waals surface area contributed by atoms with Gasteiger partial charge < -0.3 is 5.73 Å². The zero-order valence-electron chi connectivity index (χ0n) is 10.8. The highest BCUT2D eigenvalue weighted by atomic mass is 32.2. The molecular formula is C14H11F2N3S2. The van der Waals surface area contributed by atoms with Crippen molar-refractivity contribution in [3.05, 3.63) is 36.3 Å². The van der Waals surface area contributed by atoms with E-state index in [-0.39, 0.29) is 12.4 Å². The number of nitrogen functional groups attached to an aromatic ring is 1. The largest absolute Gasteiger partial charge is 0.395 e. The molecule has 0 unspecified atom stereocenters. The van der Waals surface area contributed by atoms with Gasteiger partial charge in [-0.3, -0.25) is 4.39 Å². The molecule has 0 saturated heterocycles. The van der Waals surface area contributed by atoms with Gasteiger partial charge in [-0.25, -0.2) is 9.97 Å². The first-order valence-electron chi connectivity index (χ1n) is 6.19. The lowest BCUT2D eigenvalue weighted by Crippen LogP contribution is -1.94. The molecule has 2 aromatic heterocycles. The third-order valence-electron chi connectivity index (χ3n) is 2.80. The summed E-state index contributed by atoms with van der Waals surface area (Å²) in [6, 6.07) is 8.87. The Labute approximate surface area is 128 Å². The van der Waals surface area contributed by atoms with Crippen LogP contribution in [-0.2, 0) is 0 Å². The van der Waals surface area contributed by atoms with Crippen molar-refractivity contribution in [1.29, 1.82) is 0 Å². The normalized spacial score (nSPS) is 11.1. The average Bonchev–Trinajstić information content (AvgIpc) is 2.91.